The van der Waals surface area contributed by atoms with Crippen molar-refractivity contribution in [1.82, 2.24) is 10.3 Å². The molecule has 0 saturated heterocycles. The van der Waals surface area contributed by atoms with Crippen molar-refractivity contribution in [2.24, 2.45) is 5.92 Å². The Labute approximate surface area is 159 Å². The normalized spacial score (nSPS) is 14.0. The van der Waals surface area contributed by atoms with E-state index in [2.05, 4.69) is 10.3 Å². The number of carbonyl (C=O) groups excluding carboxylic acids is 2. The van der Waals surface area contributed by atoms with Crippen LogP contribution in [0, 0.1) is 18.7 Å². The summed E-state index contributed by atoms with van der Waals surface area (Å²) in [5, 5.41) is 2.42. The Hall–Kier alpha value is -2.77. The third-order valence-corrected chi connectivity index (χ3v) is 4.47. The van der Waals surface area contributed by atoms with E-state index in [-0.39, 0.29) is 29.2 Å². The highest BCUT2D eigenvalue weighted by Crippen LogP contribution is 2.31. The van der Waals surface area contributed by atoms with Crippen LogP contribution in [0.2, 0.25) is 0 Å². The molecule has 1 saturated carbocycles. The Kier molecular flexibility index (Phi) is 5.49. The number of halogens is 4. The monoisotopic (exact) mass is 394 g/mol. The van der Waals surface area contributed by atoms with E-state index in [1.54, 1.807) is 6.92 Å². The van der Waals surface area contributed by atoms with E-state index in [9.17, 15) is 27.2 Å². The zero-order chi connectivity index (χ0) is 20.5. The topological polar surface area (TPSA) is 59.1 Å². The molecule has 1 aromatic carbocycles. The number of hydrogen-bond donors (Lipinski definition) is 1. The third kappa shape index (κ3) is 4.94. The number of aromatic nitrogens is 1. The lowest BCUT2D eigenvalue weighted by Gasteiger charge is -2.11. The van der Waals surface area contributed by atoms with E-state index in [1.165, 1.54) is 12.1 Å². The number of carbonyl (C=O) groups is 2. The van der Waals surface area contributed by atoms with Gasteiger partial charge in [-0.1, -0.05) is 0 Å². The summed E-state index contributed by atoms with van der Waals surface area (Å²) in [6.07, 6.45) is -2.71. The maximum absolute atomic E-state index is 13.8. The van der Waals surface area contributed by atoms with Gasteiger partial charge in [0.25, 0.3) is 5.91 Å². The summed E-state index contributed by atoms with van der Waals surface area (Å²) >= 11 is 0. The molecule has 3 rings (SSSR count). The summed E-state index contributed by atoms with van der Waals surface area (Å²) in [6, 6.07) is 5.03. The van der Waals surface area contributed by atoms with Crippen molar-refractivity contribution in [3.8, 4) is 0 Å². The number of Topliss-reactive ketones (excluding diaryl/α,β-unsaturated/α-hetero) is 1. The third-order valence-electron chi connectivity index (χ3n) is 4.47. The Morgan fingerprint density at radius 1 is 1.18 bits per heavy atom. The summed E-state index contributed by atoms with van der Waals surface area (Å²) in [5.74, 6) is -1.27. The lowest BCUT2D eigenvalue weighted by Crippen LogP contribution is -2.24. The van der Waals surface area contributed by atoms with Crippen molar-refractivity contribution in [2.75, 3.05) is 0 Å². The SMILES string of the molecule is Cc1cc(C(=O)NCc2cc(C(F)(F)F)ccc2F)cc(CC(=O)C2CC2)n1. The Balaban J connectivity index is 1.71. The number of pyridine rings is 1. The summed E-state index contributed by atoms with van der Waals surface area (Å²) in [5.41, 5.74) is -0.0286. The van der Waals surface area contributed by atoms with Gasteiger partial charge in [-0.05, 0) is 50.1 Å². The van der Waals surface area contributed by atoms with Gasteiger partial charge in [-0.2, -0.15) is 13.2 Å². The minimum atomic E-state index is -4.60. The first-order chi connectivity index (χ1) is 13.1. The van der Waals surface area contributed by atoms with Crippen LogP contribution >= 0.6 is 0 Å². The smallest absolute Gasteiger partial charge is 0.348 e. The molecule has 4 nitrogen and oxygen atoms in total. The lowest BCUT2D eigenvalue weighted by atomic mass is 10.1. The van der Waals surface area contributed by atoms with Crippen LogP contribution in [-0.2, 0) is 23.9 Å². The van der Waals surface area contributed by atoms with E-state index < -0.39 is 30.0 Å². The van der Waals surface area contributed by atoms with Crippen LogP contribution in [0.1, 0.15) is 45.7 Å². The van der Waals surface area contributed by atoms with Crippen LogP contribution in [0.5, 0.6) is 0 Å². The van der Waals surface area contributed by atoms with E-state index in [4.69, 9.17) is 0 Å². The van der Waals surface area contributed by atoms with Crippen molar-refractivity contribution < 1.29 is 27.2 Å². The Morgan fingerprint density at radius 3 is 2.54 bits per heavy atom. The quantitative estimate of drug-likeness (QED) is 0.754. The van der Waals surface area contributed by atoms with Crippen LogP contribution in [0.4, 0.5) is 17.6 Å². The molecule has 1 N–H and O–H groups in total. The number of hydrogen-bond acceptors (Lipinski definition) is 3. The Bertz CT molecular complexity index is 921. The van der Waals surface area contributed by atoms with Gasteiger partial charge in [0.2, 0.25) is 0 Å². The van der Waals surface area contributed by atoms with Crippen LogP contribution < -0.4 is 5.32 Å². The minimum Gasteiger partial charge on any atom is -0.348 e. The fourth-order valence-electron chi connectivity index (χ4n) is 2.85. The predicted octanol–water partition coefficient (Wildman–Crippen LogP) is 4.00. The number of alkyl halides is 3. The molecule has 1 heterocycles. The number of amides is 1. The number of nitrogens with zero attached hydrogens (tertiary/aromatic N) is 1. The number of benzene rings is 1. The van der Waals surface area contributed by atoms with Crippen LogP contribution in [0.3, 0.4) is 0 Å². The molecular formula is C20H18F4N2O2. The van der Waals surface area contributed by atoms with Gasteiger partial charge in [-0.3, -0.25) is 14.6 Å². The van der Waals surface area contributed by atoms with Crippen molar-refractivity contribution in [1.29, 1.82) is 0 Å². The molecule has 0 unspecified atom stereocenters. The molecule has 1 aromatic heterocycles. The summed E-state index contributed by atoms with van der Waals surface area (Å²) in [4.78, 5) is 28.6. The predicted molar refractivity (Wildman–Crippen MR) is 93.0 cm³/mol. The molecule has 0 spiro atoms. The van der Waals surface area contributed by atoms with Crippen molar-refractivity contribution in [3.63, 3.8) is 0 Å². The van der Waals surface area contributed by atoms with Crippen LogP contribution in [0.15, 0.2) is 30.3 Å². The van der Waals surface area contributed by atoms with E-state index in [1.807, 2.05) is 0 Å². The van der Waals surface area contributed by atoms with Gasteiger partial charge in [0.15, 0.2) is 0 Å². The van der Waals surface area contributed by atoms with Gasteiger partial charge in [0, 0.05) is 41.4 Å². The Morgan fingerprint density at radius 2 is 1.89 bits per heavy atom. The van der Waals surface area contributed by atoms with Gasteiger partial charge >= 0.3 is 6.18 Å². The zero-order valence-corrected chi connectivity index (χ0v) is 15.1. The highest BCUT2D eigenvalue weighted by molar-refractivity contribution is 5.94. The molecule has 0 bridgehead atoms. The maximum Gasteiger partial charge on any atom is 0.416 e. The molecule has 28 heavy (non-hydrogen) atoms. The minimum absolute atomic E-state index is 0.0727. The van der Waals surface area contributed by atoms with E-state index in [0.717, 1.165) is 18.9 Å². The maximum atomic E-state index is 13.8. The molecule has 1 aliphatic carbocycles. The molecule has 0 aliphatic heterocycles. The standard InChI is InChI=1S/C20H18F4N2O2/c1-11-6-13(8-16(26-11)9-18(27)12-2-3-12)19(28)25-10-14-7-15(20(22,23)24)4-5-17(14)21/h4-8,12H,2-3,9-10H2,1H3,(H,25,28). The fourth-order valence-corrected chi connectivity index (χ4v) is 2.85. The van der Waals surface area contributed by atoms with Crippen molar-refractivity contribution >= 4 is 11.7 Å². The second kappa shape index (κ2) is 7.69. The summed E-state index contributed by atoms with van der Waals surface area (Å²) in [6.45, 7) is 1.28. The van der Waals surface area contributed by atoms with Crippen molar-refractivity contribution in [3.05, 3.63) is 64.2 Å². The van der Waals surface area contributed by atoms with Gasteiger partial charge in [0.05, 0.1) is 5.56 Å². The van der Waals surface area contributed by atoms with Gasteiger partial charge in [-0.15, -0.1) is 0 Å². The number of ketones is 1. The molecule has 1 amide bonds. The first kappa shape index (κ1) is 20.0. The molecular weight excluding hydrogens is 376 g/mol. The van der Waals surface area contributed by atoms with Gasteiger partial charge in [-0.25, -0.2) is 4.39 Å². The number of nitrogens with one attached hydrogen (secondary N) is 1. The largest absolute Gasteiger partial charge is 0.416 e. The summed E-state index contributed by atoms with van der Waals surface area (Å²) < 4.78 is 52.1. The van der Waals surface area contributed by atoms with Gasteiger partial charge in [0.1, 0.15) is 11.6 Å². The number of aryl methyl sites for hydroxylation is 1. The first-order valence-electron chi connectivity index (χ1n) is 8.77. The molecule has 1 aliphatic rings. The zero-order valence-electron chi connectivity index (χ0n) is 15.1. The average molecular weight is 394 g/mol. The molecule has 8 heteroatoms. The molecule has 0 radical (unpaired) electrons. The summed E-state index contributed by atoms with van der Waals surface area (Å²) in [7, 11) is 0. The fraction of sp³-hybridized carbons (Fsp3) is 0.350. The first-order valence-corrected chi connectivity index (χ1v) is 8.77. The average Bonchev–Trinajstić information content (AvgIpc) is 3.44. The molecule has 0 atom stereocenters. The van der Waals surface area contributed by atoms with Crippen LogP contribution in [-0.4, -0.2) is 16.7 Å². The molecule has 148 valence electrons. The highest BCUT2D eigenvalue weighted by Gasteiger charge is 2.31. The highest BCUT2D eigenvalue weighted by atomic mass is 19.4. The van der Waals surface area contributed by atoms with Crippen LogP contribution in [0.25, 0.3) is 0 Å². The van der Waals surface area contributed by atoms with E-state index in [0.29, 0.717) is 23.5 Å². The number of rotatable bonds is 6. The lowest BCUT2D eigenvalue weighted by molar-refractivity contribution is -0.137. The van der Waals surface area contributed by atoms with Crippen molar-refractivity contribution in [2.45, 2.75) is 38.9 Å². The van der Waals surface area contributed by atoms with Gasteiger partial charge < -0.3 is 5.32 Å². The molecule has 2 aromatic rings. The molecule has 1 fully saturated rings. The second-order valence-electron chi connectivity index (χ2n) is 6.89. The van der Waals surface area contributed by atoms with E-state index >= 15 is 0 Å². The second-order valence-corrected chi connectivity index (χ2v) is 6.89.